The van der Waals surface area contributed by atoms with E-state index in [-0.39, 0.29) is 10.5 Å². The van der Waals surface area contributed by atoms with Gasteiger partial charge in [-0.25, -0.2) is 8.42 Å². The van der Waals surface area contributed by atoms with E-state index in [1.807, 2.05) is 0 Å². The molecule has 2 rings (SSSR count). The molecule has 0 N–H and O–H groups in total. The number of sulfone groups is 1. The Kier molecular flexibility index (Phi) is 5.61. The molecule has 136 valence electrons. The van der Waals surface area contributed by atoms with E-state index in [4.69, 9.17) is 0 Å². The van der Waals surface area contributed by atoms with Gasteiger partial charge in [-0.05, 0) is 74.0 Å². The van der Waals surface area contributed by atoms with Crippen LogP contribution in [0.3, 0.4) is 0 Å². The highest BCUT2D eigenvalue weighted by Crippen LogP contribution is 2.43. The van der Waals surface area contributed by atoms with E-state index in [2.05, 4.69) is 41.5 Å². The Labute approximate surface area is 144 Å². The minimum Gasteiger partial charge on any atom is -0.228 e. The fourth-order valence-corrected chi connectivity index (χ4v) is 7.19. The minimum atomic E-state index is -2.92. The Morgan fingerprint density at radius 1 is 0.565 bits per heavy atom. The van der Waals surface area contributed by atoms with Gasteiger partial charge < -0.3 is 0 Å². The standard InChI is InChI=1S/C20H38O2S/c1-19(2,3)15-7-11-17(12-8-15)23(21,22)18-13-9-16(10-14-18)20(4,5)6/h15-18H,7-14H2,1-6H3. The van der Waals surface area contributed by atoms with Gasteiger partial charge in [0.1, 0.15) is 0 Å². The Morgan fingerprint density at radius 2 is 0.826 bits per heavy atom. The normalized spacial score (nSPS) is 34.3. The van der Waals surface area contributed by atoms with Crippen molar-refractivity contribution < 1.29 is 8.42 Å². The lowest BCUT2D eigenvalue weighted by atomic mass is 9.72. The van der Waals surface area contributed by atoms with Crippen molar-refractivity contribution in [1.82, 2.24) is 0 Å². The van der Waals surface area contributed by atoms with E-state index in [9.17, 15) is 8.42 Å². The highest BCUT2D eigenvalue weighted by molar-refractivity contribution is 7.92. The molecule has 0 aromatic rings. The van der Waals surface area contributed by atoms with Crippen LogP contribution in [-0.4, -0.2) is 18.9 Å². The number of hydrogen-bond donors (Lipinski definition) is 0. The molecule has 2 aliphatic rings. The highest BCUT2D eigenvalue weighted by Gasteiger charge is 2.41. The average molecular weight is 343 g/mol. The summed E-state index contributed by atoms with van der Waals surface area (Å²) in [7, 11) is -2.92. The second-order valence-electron chi connectivity index (χ2n) is 10.3. The second kappa shape index (κ2) is 6.69. The Balaban J connectivity index is 1.94. The summed E-state index contributed by atoms with van der Waals surface area (Å²) in [6.45, 7) is 13.8. The maximum atomic E-state index is 13.1. The summed E-state index contributed by atoms with van der Waals surface area (Å²) in [6.07, 6.45) is 7.92. The summed E-state index contributed by atoms with van der Waals surface area (Å²) in [5, 5.41) is -0.116. The molecule has 0 aromatic heterocycles. The molecule has 0 unspecified atom stereocenters. The van der Waals surface area contributed by atoms with E-state index in [0.717, 1.165) is 51.4 Å². The van der Waals surface area contributed by atoms with Gasteiger partial charge in [-0.15, -0.1) is 0 Å². The van der Waals surface area contributed by atoms with Crippen molar-refractivity contribution in [2.24, 2.45) is 22.7 Å². The molecule has 0 spiro atoms. The fraction of sp³-hybridized carbons (Fsp3) is 1.00. The Morgan fingerprint density at radius 3 is 1.04 bits per heavy atom. The number of rotatable bonds is 2. The molecule has 0 amide bonds. The lowest BCUT2D eigenvalue weighted by molar-refractivity contribution is 0.175. The van der Waals surface area contributed by atoms with Gasteiger partial charge in [0.25, 0.3) is 0 Å². The Bertz CT molecular complexity index is 437. The lowest BCUT2D eigenvalue weighted by Crippen LogP contribution is -2.39. The molecule has 2 saturated carbocycles. The summed E-state index contributed by atoms with van der Waals surface area (Å²) in [5.74, 6) is 1.37. The molecular weight excluding hydrogens is 304 g/mol. The van der Waals surface area contributed by atoms with E-state index in [1.165, 1.54) is 0 Å². The summed E-state index contributed by atoms with van der Waals surface area (Å²) < 4.78 is 26.1. The molecular formula is C20H38O2S. The SMILES string of the molecule is CC(C)(C)C1CCC(S(=O)(=O)C2CCC(C(C)(C)C)CC2)CC1. The fourth-order valence-electron chi connectivity index (χ4n) is 4.79. The maximum absolute atomic E-state index is 13.1. The Hall–Kier alpha value is -0.0500. The van der Waals surface area contributed by atoms with Crippen molar-refractivity contribution in [3.05, 3.63) is 0 Å². The molecule has 0 atom stereocenters. The summed E-state index contributed by atoms with van der Waals surface area (Å²) in [5.41, 5.74) is 0.638. The lowest BCUT2D eigenvalue weighted by Gasteiger charge is -2.40. The molecule has 0 radical (unpaired) electrons. The van der Waals surface area contributed by atoms with E-state index in [1.54, 1.807) is 0 Å². The van der Waals surface area contributed by atoms with Crippen LogP contribution in [-0.2, 0) is 9.84 Å². The molecule has 0 bridgehead atoms. The summed E-state index contributed by atoms with van der Waals surface area (Å²) in [4.78, 5) is 0. The molecule has 0 aliphatic heterocycles. The van der Waals surface area contributed by atoms with Crippen molar-refractivity contribution in [2.75, 3.05) is 0 Å². The molecule has 23 heavy (non-hydrogen) atoms. The molecule has 2 aliphatic carbocycles. The van der Waals surface area contributed by atoms with Crippen LogP contribution < -0.4 is 0 Å². The third-order valence-corrected chi connectivity index (χ3v) is 9.53. The maximum Gasteiger partial charge on any atom is 0.156 e. The van der Waals surface area contributed by atoms with Crippen LogP contribution in [0.15, 0.2) is 0 Å². The molecule has 3 heteroatoms. The van der Waals surface area contributed by atoms with Crippen molar-refractivity contribution in [2.45, 2.75) is 103 Å². The first-order valence-corrected chi connectivity index (χ1v) is 11.3. The third-order valence-electron chi connectivity index (χ3n) is 6.73. The molecule has 2 nitrogen and oxygen atoms in total. The first-order chi connectivity index (χ1) is 10.4. The molecule has 0 saturated heterocycles. The zero-order chi connectivity index (χ0) is 17.5. The second-order valence-corrected chi connectivity index (χ2v) is 12.8. The predicted molar refractivity (Wildman–Crippen MR) is 99.3 cm³/mol. The van der Waals surface area contributed by atoms with Gasteiger partial charge in [0.2, 0.25) is 0 Å². The zero-order valence-corrected chi connectivity index (χ0v) is 17.0. The topological polar surface area (TPSA) is 34.1 Å². The van der Waals surface area contributed by atoms with E-state index >= 15 is 0 Å². The van der Waals surface area contributed by atoms with E-state index in [0.29, 0.717) is 22.7 Å². The van der Waals surface area contributed by atoms with Crippen LogP contribution in [0.2, 0.25) is 0 Å². The zero-order valence-electron chi connectivity index (χ0n) is 16.2. The van der Waals surface area contributed by atoms with Gasteiger partial charge in [-0.3, -0.25) is 0 Å². The van der Waals surface area contributed by atoms with Crippen LogP contribution in [0.25, 0.3) is 0 Å². The molecule has 0 heterocycles. The minimum absolute atomic E-state index is 0.0581. The van der Waals surface area contributed by atoms with Crippen LogP contribution in [0.4, 0.5) is 0 Å². The van der Waals surface area contributed by atoms with Crippen LogP contribution >= 0.6 is 0 Å². The van der Waals surface area contributed by atoms with Crippen LogP contribution in [0.1, 0.15) is 92.9 Å². The van der Waals surface area contributed by atoms with Gasteiger partial charge in [0.15, 0.2) is 9.84 Å². The van der Waals surface area contributed by atoms with Gasteiger partial charge in [-0.1, -0.05) is 41.5 Å². The first kappa shape index (κ1) is 19.3. The van der Waals surface area contributed by atoms with Crippen LogP contribution in [0.5, 0.6) is 0 Å². The van der Waals surface area contributed by atoms with Crippen LogP contribution in [0, 0.1) is 22.7 Å². The average Bonchev–Trinajstić information content (AvgIpc) is 2.46. The number of hydrogen-bond acceptors (Lipinski definition) is 2. The predicted octanol–water partition coefficient (Wildman–Crippen LogP) is 5.61. The summed E-state index contributed by atoms with van der Waals surface area (Å²) >= 11 is 0. The molecule has 0 aromatic carbocycles. The smallest absolute Gasteiger partial charge is 0.156 e. The van der Waals surface area contributed by atoms with Gasteiger partial charge in [0, 0.05) is 0 Å². The van der Waals surface area contributed by atoms with Gasteiger partial charge in [0.05, 0.1) is 10.5 Å². The van der Waals surface area contributed by atoms with Crippen molar-refractivity contribution in [1.29, 1.82) is 0 Å². The van der Waals surface area contributed by atoms with Crippen molar-refractivity contribution in [3.8, 4) is 0 Å². The van der Waals surface area contributed by atoms with Crippen molar-refractivity contribution in [3.63, 3.8) is 0 Å². The molecule has 2 fully saturated rings. The summed E-state index contributed by atoms with van der Waals surface area (Å²) in [6, 6.07) is 0. The van der Waals surface area contributed by atoms with E-state index < -0.39 is 9.84 Å². The van der Waals surface area contributed by atoms with Gasteiger partial charge >= 0.3 is 0 Å². The highest BCUT2D eigenvalue weighted by atomic mass is 32.2. The van der Waals surface area contributed by atoms with Gasteiger partial charge in [-0.2, -0.15) is 0 Å². The third kappa shape index (κ3) is 4.52. The quantitative estimate of drug-likeness (QED) is 0.653. The largest absolute Gasteiger partial charge is 0.228 e. The van der Waals surface area contributed by atoms with Crippen molar-refractivity contribution >= 4 is 9.84 Å². The monoisotopic (exact) mass is 342 g/mol. The first-order valence-electron chi connectivity index (χ1n) is 9.65.